The highest BCUT2D eigenvalue weighted by Gasteiger charge is 2.17. The van der Waals surface area contributed by atoms with Crippen molar-refractivity contribution in [3.05, 3.63) is 29.3 Å². The molecule has 0 heterocycles. The zero-order chi connectivity index (χ0) is 13.7. The maximum Gasteiger partial charge on any atom is 0.236 e. The lowest BCUT2D eigenvalue weighted by atomic mass is 10.0. The molecule has 0 aromatic heterocycles. The van der Waals surface area contributed by atoms with E-state index in [1.54, 1.807) is 6.07 Å². The Balaban J connectivity index is 2.73. The first-order valence-electron chi connectivity index (χ1n) is 6.29. The molecule has 0 bridgehead atoms. The van der Waals surface area contributed by atoms with Crippen molar-refractivity contribution in [1.29, 1.82) is 0 Å². The highest BCUT2D eigenvalue weighted by Crippen LogP contribution is 2.25. The molecule has 0 saturated heterocycles. The lowest BCUT2D eigenvalue weighted by Crippen LogP contribution is -2.43. The van der Waals surface area contributed by atoms with Gasteiger partial charge in [-0.3, -0.25) is 10.1 Å². The number of aryl methyl sites for hydroxylation is 1. The number of phenols is 1. The molecule has 1 amide bonds. The van der Waals surface area contributed by atoms with Gasteiger partial charge in [-0.05, 0) is 33.8 Å². The molecule has 2 atom stereocenters. The van der Waals surface area contributed by atoms with Crippen LogP contribution in [0.1, 0.15) is 37.9 Å². The number of rotatable bonds is 5. The van der Waals surface area contributed by atoms with E-state index in [9.17, 15) is 9.90 Å². The minimum atomic E-state index is -0.292. The number of aromatic hydroxyl groups is 1. The molecule has 3 N–H and O–H groups in total. The molecule has 1 rings (SSSR count). The van der Waals surface area contributed by atoms with E-state index in [1.165, 1.54) is 0 Å². The average Bonchev–Trinajstić information content (AvgIpc) is 2.32. The number of carbonyl (C=O) groups is 1. The molecule has 0 aliphatic carbocycles. The first kappa shape index (κ1) is 14.5. The van der Waals surface area contributed by atoms with Crippen molar-refractivity contribution < 1.29 is 9.90 Å². The van der Waals surface area contributed by atoms with Gasteiger partial charge in [0.25, 0.3) is 0 Å². The molecular weight excluding hydrogens is 228 g/mol. The molecule has 4 heteroatoms. The van der Waals surface area contributed by atoms with E-state index in [4.69, 9.17) is 0 Å². The molecule has 0 aliphatic rings. The summed E-state index contributed by atoms with van der Waals surface area (Å²) in [5, 5.41) is 15.8. The van der Waals surface area contributed by atoms with Gasteiger partial charge >= 0.3 is 0 Å². The number of nitrogens with one attached hydrogen (secondary N) is 2. The number of benzene rings is 1. The molecule has 1 aromatic carbocycles. The number of likely N-dealkylation sites (N-methyl/N-ethyl adjacent to an activating group) is 1. The standard InChI is InChI=1S/C14H22N2O2/c1-5-15-14(18)11(4)16-10(3)12-8-9(2)6-7-13(12)17/h6-8,10-11,16-17H,5H2,1-4H3,(H,15,18). The number of carbonyl (C=O) groups excluding carboxylic acids is 1. The van der Waals surface area contributed by atoms with Gasteiger partial charge in [0, 0.05) is 18.2 Å². The van der Waals surface area contributed by atoms with Crippen molar-refractivity contribution in [2.45, 2.75) is 39.8 Å². The van der Waals surface area contributed by atoms with Crippen LogP contribution in [-0.4, -0.2) is 23.6 Å². The van der Waals surface area contributed by atoms with Gasteiger partial charge in [-0.1, -0.05) is 17.7 Å². The molecule has 100 valence electrons. The number of hydrogen-bond acceptors (Lipinski definition) is 3. The second-order valence-electron chi connectivity index (χ2n) is 4.57. The summed E-state index contributed by atoms with van der Waals surface area (Å²) in [6.07, 6.45) is 0. The second kappa shape index (κ2) is 6.40. The zero-order valence-corrected chi connectivity index (χ0v) is 11.4. The molecule has 2 unspecified atom stereocenters. The maximum atomic E-state index is 11.6. The first-order chi connectivity index (χ1) is 8.45. The van der Waals surface area contributed by atoms with Crippen molar-refractivity contribution >= 4 is 5.91 Å². The molecule has 18 heavy (non-hydrogen) atoms. The Morgan fingerprint density at radius 2 is 2.06 bits per heavy atom. The average molecular weight is 250 g/mol. The lowest BCUT2D eigenvalue weighted by molar-refractivity contribution is -0.122. The molecule has 0 saturated carbocycles. The van der Waals surface area contributed by atoms with Gasteiger partial charge in [-0.2, -0.15) is 0 Å². The van der Waals surface area contributed by atoms with Gasteiger partial charge in [0.1, 0.15) is 5.75 Å². The Morgan fingerprint density at radius 1 is 1.39 bits per heavy atom. The van der Waals surface area contributed by atoms with Gasteiger partial charge in [-0.25, -0.2) is 0 Å². The summed E-state index contributed by atoms with van der Waals surface area (Å²) in [4.78, 5) is 11.6. The SMILES string of the molecule is CCNC(=O)C(C)NC(C)c1cc(C)ccc1O. The molecule has 0 aliphatic heterocycles. The molecule has 0 fully saturated rings. The van der Waals surface area contributed by atoms with Crippen molar-refractivity contribution in [3.8, 4) is 5.75 Å². The number of amides is 1. The fourth-order valence-corrected chi connectivity index (χ4v) is 1.89. The van der Waals surface area contributed by atoms with Crippen LogP contribution in [0.5, 0.6) is 5.75 Å². The minimum Gasteiger partial charge on any atom is -0.508 e. The van der Waals surface area contributed by atoms with Crippen LogP contribution >= 0.6 is 0 Å². The Hall–Kier alpha value is -1.55. The van der Waals surface area contributed by atoms with Crippen LogP contribution in [0.15, 0.2) is 18.2 Å². The third kappa shape index (κ3) is 3.74. The van der Waals surface area contributed by atoms with Crippen LogP contribution in [0.4, 0.5) is 0 Å². The lowest BCUT2D eigenvalue weighted by Gasteiger charge is -2.20. The van der Waals surface area contributed by atoms with Crippen LogP contribution in [0.2, 0.25) is 0 Å². The van der Waals surface area contributed by atoms with E-state index in [-0.39, 0.29) is 23.7 Å². The molecule has 0 spiro atoms. The summed E-state index contributed by atoms with van der Waals surface area (Å²) in [5.74, 6) is 0.222. The zero-order valence-electron chi connectivity index (χ0n) is 11.4. The highest BCUT2D eigenvalue weighted by molar-refractivity contribution is 5.81. The van der Waals surface area contributed by atoms with E-state index in [0.29, 0.717) is 6.54 Å². The topological polar surface area (TPSA) is 61.4 Å². The summed E-state index contributed by atoms with van der Waals surface area (Å²) in [6, 6.07) is 5.10. The summed E-state index contributed by atoms with van der Waals surface area (Å²) in [5.41, 5.74) is 1.90. The summed E-state index contributed by atoms with van der Waals surface area (Å²) in [6.45, 7) is 8.23. The number of phenolic OH excluding ortho intramolecular Hbond substituents is 1. The Labute approximate surface area is 108 Å². The largest absolute Gasteiger partial charge is 0.508 e. The predicted octanol–water partition coefficient (Wildman–Crippen LogP) is 1.88. The van der Waals surface area contributed by atoms with Crippen molar-refractivity contribution in [2.75, 3.05) is 6.54 Å². The first-order valence-corrected chi connectivity index (χ1v) is 6.29. The maximum absolute atomic E-state index is 11.6. The molecule has 0 radical (unpaired) electrons. The Morgan fingerprint density at radius 3 is 2.67 bits per heavy atom. The highest BCUT2D eigenvalue weighted by atomic mass is 16.3. The van der Waals surface area contributed by atoms with Crippen LogP contribution in [-0.2, 0) is 4.79 Å². The third-order valence-corrected chi connectivity index (χ3v) is 2.89. The van der Waals surface area contributed by atoms with E-state index >= 15 is 0 Å². The quantitative estimate of drug-likeness (QED) is 0.747. The summed E-state index contributed by atoms with van der Waals surface area (Å²) in [7, 11) is 0. The molecular formula is C14H22N2O2. The fraction of sp³-hybridized carbons (Fsp3) is 0.500. The van der Waals surface area contributed by atoms with Crippen molar-refractivity contribution in [3.63, 3.8) is 0 Å². The molecule has 4 nitrogen and oxygen atoms in total. The molecule has 1 aromatic rings. The van der Waals surface area contributed by atoms with E-state index in [2.05, 4.69) is 10.6 Å². The van der Waals surface area contributed by atoms with Crippen LogP contribution in [0.3, 0.4) is 0 Å². The van der Waals surface area contributed by atoms with E-state index in [0.717, 1.165) is 11.1 Å². The summed E-state index contributed by atoms with van der Waals surface area (Å²) < 4.78 is 0. The Kier molecular flexibility index (Phi) is 5.16. The van der Waals surface area contributed by atoms with Crippen LogP contribution < -0.4 is 10.6 Å². The van der Waals surface area contributed by atoms with Gasteiger partial charge in [0.05, 0.1) is 6.04 Å². The normalized spacial score (nSPS) is 14.0. The van der Waals surface area contributed by atoms with Gasteiger partial charge in [0.15, 0.2) is 0 Å². The van der Waals surface area contributed by atoms with Gasteiger partial charge in [0.2, 0.25) is 5.91 Å². The smallest absolute Gasteiger partial charge is 0.236 e. The predicted molar refractivity (Wildman–Crippen MR) is 72.5 cm³/mol. The minimum absolute atomic E-state index is 0.0310. The van der Waals surface area contributed by atoms with Crippen LogP contribution in [0, 0.1) is 6.92 Å². The van der Waals surface area contributed by atoms with Crippen molar-refractivity contribution in [2.24, 2.45) is 0 Å². The van der Waals surface area contributed by atoms with Crippen molar-refractivity contribution in [1.82, 2.24) is 10.6 Å². The third-order valence-electron chi connectivity index (χ3n) is 2.89. The summed E-state index contributed by atoms with van der Waals surface area (Å²) >= 11 is 0. The van der Waals surface area contributed by atoms with E-state index < -0.39 is 0 Å². The Bertz CT molecular complexity index is 418. The number of hydrogen-bond donors (Lipinski definition) is 3. The van der Waals surface area contributed by atoms with Gasteiger partial charge < -0.3 is 10.4 Å². The van der Waals surface area contributed by atoms with E-state index in [1.807, 2.05) is 39.8 Å². The second-order valence-corrected chi connectivity index (χ2v) is 4.57. The van der Waals surface area contributed by atoms with Crippen LogP contribution in [0.25, 0.3) is 0 Å². The monoisotopic (exact) mass is 250 g/mol. The van der Waals surface area contributed by atoms with Gasteiger partial charge in [-0.15, -0.1) is 0 Å². The fourth-order valence-electron chi connectivity index (χ4n) is 1.89.